The van der Waals surface area contributed by atoms with Crippen LogP contribution in [0.3, 0.4) is 0 Å². The van der Waals surface area contributed by atoms with Crippen molar-refractivity contribution in [2.75, 3.05) is 0 Å². The van der Waals surface area contributed by atoms with Gasteiger partial charge in [0.05, 0.1) is 4.92 Å². The molecule has 122 valence electrons. The number of hydrogen-bond acceptors (Lipinski definition) is 4. The SMILES string of the molecule is Cc1noc(/C=C/c2cccn2-c2cc(Cl)cc(Cl)c2)c1[N+](=O)[O-]. The molecular formula is C16H11Cl2N3O3. The smallest absolute Gasteiger partial charge is 0.338 e. The summed E-state index contributed by atoms with van der Waals surface area (Å²) in [6.45, 7) is 1.52. The van der Waals surface area contributed by atoms with Gasteiger partial charge in [-0.3, -0.25) is 10.1 Å². The van der Waals surface area contributed by atoms with Gasteiger partial charge in [-0.2, -0.15) is 0 Å². The van der Waals surface area contributed by atoms with Crippen LogP contribution in [0.25, 0.3) is 17.8 Å². The van der Waals surface area contributed by atoms with Crippen molar-refractivity contribution in [3.8, 4) is 5.69 Å². The molecule has 0 spiro atoms. The van der Waals surface area contributed by atoms with Crippen LogP contribution in [0.4, 0.5) is 5.69 Å². The van der Waals surface area contributed by atoms with E-state index in [9.17, 15) is 10.1 Å². The van der Waals surface area contributed by atoms with Crippen molar-refractivity contribution >= 4 is 41.0 Å². The molecule has 0 radical (unpaired) electrons. The Kier molecular flexibility index (Phi) is 4.42. The van der Waals surface area contributed by atoms with Gasteiger partial charge in [0.2, 0.25) is 5.76 Å². The highest BCUT2D eigenvalue weighted by Crippen LogP contribution is 2.26. The van der Waals surface area contributed by atoms with E-state index in [0.29, 0.717) is 10.0 Å². The monoisotopic (exact) mass is 363 g/mol. The number of halogens is 2. The standard InChI is InChI=1S/C16H11Cl2N3O3/c1-10-16(21(22)23)15(24-19-10)5-4-13-3-2-6-20(13)14-8-11(17)7-12(18)9-14/h2-9H,1H3/b5-4+. The number of hydrogen-bond donors (Lipinski definition) is 0. The molecule has 8 heteroatoms. The quantitative estimate of drug-likeness (QED) is 0.473. The summed E-state index contributed by atoms with van der Waals surface area (Å²) >= 11 is 12.1. The molecule has 2 aromatic heterocycles. The number of aromatic nitrogens is 2. The Bertz CT molecular complexity index is 924. The maximum Gasteiger partial charge on any atom is 0.338 e. The molecular weight excluding hydrogens is 353 g/mol. The van der Waals surface area contributed by atoms with Crippen LogP contribution in [0, 0.1) is 17.0 Å². The Morgan fingerprint density at radius 1 is 1.25 bits per heavy atom. The summed E-state index contributed by atoms with van der Waals surface area (Å²) in [7, 11) is 0. The molecule has 1 aromatic carbocycles. The maximum atomic E-state index is 11.1. The minimum absolute atomic E-state index is 0.0920. The van der Waals surface area contributed by atoms with Crippen LogP contribution >= 0.6 is 23.2 Å². The highest BCUT2D eigenvalue weighted by atomic mass is 35.5. The fourth-order valence-electron chi connectivity index (χ4n) is 2.32. The largest absolute Gasteiger partial charge is 0.349 e. The van der Waals surface area contributed by atoms with E-state index in [2.05, 4.69) is 5.16 Å². The van der Waals surface area contributed by atoms with Gasteiger partial charge < -0.3 is 9.09 Å². The minimum atomic E-state index is -0.513. The van der Waals surface area contributed by atoms with Gasteiger partial charge in [0.15, 0.2) is 5.69 Å². The molecule has 3 aromatic rings. The summed E-state index contributed by atoms with van der Waals surface area (Å²) in [6, 6.07) is 8.87. The summed E-state index contributed by atoms with van der Waals surface area (Å²) in [6.07, 6.45) is 5.04. The number of benzene rings is 1. The van der Waals surface area contributed by atoms with E-state index < -0.39 is 4.92 Å². The molecule has 0 fully saturated rings. The van der Waals surface area contributed by atoms with Gasteiger partial charge >= 0.3 is 5.69 Å². The van der Waals surface area contributed by atoms with Crippen LogP contribution in [-0.2, 0) is 0 Å². The molecule has 2 heterocycles. The van der Waals surface area contributed by atoms with E-state index in [-0.39, 0.29) is 17.1 Å². The lowest BCUT2D eigenvalue weighted by molar-refractivity contribution is -0.386. The van der Waals surface area contributed by atoms with Gasteiger partial charge in [0.25, 0.3) is 0 Å². The van der Waals surface area contributed by atoms with Crippen LogP contribution in [-0.4, -0.2) is 14.6 Å². The predicted molar refractivity (Wildman–Crippen MR) is 92.6 cm³/mol. The zero-order valence-corrected chi connectivity index (χ0v) is 14.0. The van der Waals surface area contributed by atoms with Crippen molar-refractivity contribution in [2.24, 2.45) is 0 Å². The van der Waals surface area contributed by atoms with Crippen LogP contribution in [0.2, 0.25) is 10.0 Å². The second-order valence-corrected chi connectivity index (χ2v) is 5.87. The lowest BCUT2D eigenvalue weighted by atomic mass is 10.2. The Labute approximate surface area is 147 Å². The fourth-order valence-corrected chi connectivity index (χ4v) is 2.83. The summed E-state index contributed by atoms with van der Waals surface area (Å²) in [5.74, 6) is 0.0920. The number of nitro groups is 1. The predicted octanol–water partition coefficient (Wildman–Crippen LogP) is 5.16. The zero-order chi connectivity index (χ0) is 17.3. The van der Waals surface area contributed by atoms with Crippen molar-refractivity contribution < 1.29 is 9.45 Å². The van der Waals surface area contributed by atoms with Gasteiger partial charge in [0, 0.05) is 27.6 Å². The van der Waals surface area contributed by atoms with Crippen molar-refractivity contribution in [1.29, 1.82) is 0 Å². The third-order valence-electron chi connectivity index (χ3n) is 3.35. The fraction of sp³-hybridized carbons (Fsp3) is 0.0625. The molecule has 0 unspecified atom stereocenters. The Morgan fingerprint density at radius 3 is 2.62 bits per heavy atom. The van der Waals surface area contributed by atoms with E-state index in [1.165, 1.54) is 13.0 Å². The molecule has 0 saturated heterocycles. The average molecular weight is 364 g/mol. The van der Waals surface area contributed by atoms with E-state index in [1.807, 2.05) is 22.9 Å². The summed E-state index contributed by atoms with van der Waals surface area (Å²) < 4.78 is 6.86. The third kappa shape index (κ3) is 3.20. The molecule has 3 rings (SSSR count). The molecule has 0 atom stereocenters. The molecule has 0 aliphatic rings. The highest BCUT2D eigenvalue weighted by molar-refractivity contribution is 6.34. The molecule has 0 amide bonds. The molecule has 24 heavy (non-hydrogen) atoms. The van der Waals surface area contributed by atoms with Crippen LogP contribution in [0.5, 0.6) is 0 Å². The topological polar surface area (TPSA) is 74.1 Å². The van der Waals surface area contributed by atoms with Gasteiger partial charge in [-0.05, 0) is 49.4 Å². The molecule has 0 aliphatic carbocycles. The zero-order valence-electron chi connectivity index (χ0n) is 12.4. The van der Waals surface area contributed by atoms with Crippen LogP contribution in [0.1, 0.15) is 17.1 Å². The Balaban J connectivity index is 1.98. The van der Waals surface area contributed by atoms with Crippen LogP contribution in [0.15, 0.2) is 41.1 Å². The second-order valence-electron chi connectivity index (χ2n) is 5.00. The highest BCUT2D eigenvalue weighted by Gasteiger charge is 2.22. The lowest BCUT2D eigenvalue weighted by Crippen LogP contribution is -1.94. The molecule has 0 bridgehead atoms. The maximum absolute atomic E-state index is 11.1. The first-order valence-corrected chi connectivity index (χ1v) is 7.64. The number of aryl methyl sites for hydroxylation is 1. The van der Waals surface area contributed by atoms with Gasteiger partial charge in [-0.15, -0.1) is 0 Å². The van der Waals surface area contributed by atoms with Crippen molar-refractivity contribution in [1.82, 2.24) is 9.72 Å². The van der Waals surface area contributed by atoms with Crippen molar-refractivity contribution in [3.63, 3.8) is 0 Å². The van der Waals surface area contributed by atoms with Crippen molar-refractivity contribution in [3.05, 3.63) is 73.8 Å². The second kappa shape index (κ2) is 6.51. The average Bonchev–Trinajstić information content (AvgIpc) is 3.10. The first-order valence-electron chi connectivity index (χ1n) is 6.88. The van der Waals surface area contributed by atoms with E-state index in [1.54, 1.807) is 24.3 Å². The van der Waals surface area contributed by atoms with Crippen molar-refractivity contribution in [2.45, 2.75) is 6.92 Å². The normalized spacial score (nSPS) is 11.3. The molecule has 0 aliphatic heterocycles. The summed E-state index contributed by atoms with van der Waals surface area (Å²) in [5.41, 5.74) is 1.64. The number of rotatable bonds is 4. The van der Waals surface area contributed by atoms with Gasteiger partial charge in [-0.25, -0.2) is 0 Å². The van der Waals surface area contributed by atoms with Crippen LogP contribution < -0.4 is 0 Å². The molecule has 6 nitrogen and oxygen atoms in total. The first-order chi connectivity index (χ1) is 11.5. The van der Waals surface area contributed by atoms with Gasteiger partial charge in [0.1, 0.15) is 0 Å². The molecule has 0 N–H and O–H groups in total. The minimum Gasteiger partial charge on any atom is -0.349 e. The lowest BCUT2D eigenvalue weighted by Gasteiger charge is -2.07. The third-order valence-corrected chi connectivity index (χ3v) is 3.79. The number of nitrogens with zero attached hydrogens (tertiary/aromatic N) is 3. The first kappa shape index (κ1) is 16.3. The van der Waals surface area contributed by atoms with E-state index in [4.69, 9.17) is 27.7 Å². The Hall–Kier alpha value is -2.57. The summed E-state index contributed by atoms with van der Waals surface area (Å²) in [4.78, 5) is 10.6. The molecule has 0 saturated carbocycles. The van der Waals surface area contributed by atoms with Gasteiger partial charge in [-0.1, -0.05) is 28.4 Å². The summed E-state index contributed by atoms with van der Waals surface area (Å²) in [5, 5.41) is 15.7. The van der Waals surface area contributed by atoms with E-state index in [0.717, 1.165) is 11.4 Å². The van der Waals surface area contributed by atoms with E-state index >= 15 is 0 Å². The Morgan fingerprint density at radius 2 is 1.96 bits per heavy atom.